The Labute approximate surface area is 101 Å². The summed E-state index contributed by atoms with van der Waals surface area (Å²) in [6.45, 7) is -0.683. The van der Waals surface area contributed by atoms with Crippen LogP contribution in [0, 0.1) is 0 Å². The molecular weight excluding hydrogens is 282 g/mol. The molecule has 0 unspecified atom stereocenters. The van der Waals surface area contributed by atoms with E-state index in [1.165, 1.54) is 6.07 Å². The molecule has 0 saturated heterocycles. The molecule has 1 aromatic carbocycles. The molecule has 16 heavy (non-hydrogen) atoms. The largest absolute Gasteiger partial charge is 0.490 e. The van der Waals surface area contributed by atoms with E-state index in [-0.39, 0.29) is 5.75 Å². The molecule has 0 radical (unpaired) electrons. The summed E-state index contributed by atoms with van der Waals surface area (Å²) in [6.07, 6.45) is 1.77. The second-order valence-corrected chi connectivity index (χ2v) is 3.34. The van der Waals surface area contributed by atoms with Crippen LogP contribution in [-0.4, -0.2) is 13.2 Å². The molecular formula is C11H11BrF2O2. The molecule has 0 saturated carbocycles. The second kappa shape index (κ2) is 6.48. The van der Waals surface area contributed by atoms with Crippen molar-refractivity contribution in [2.24, 2.45) is 0 Å². The van der Waals surface area contributed by atoms with Crippen LogP contribution in [0.15, 0.2) is 23.2 Å². The molecule has 2 nitrogen and oxygen atoms in total. The van der Waals surface area contributed by atoms with E-state index in [1.807, 2.05) is 0 Å². The Balaban J connectivity index is 2.98. The van der Waals surface area contributed by atoms with Gasteiger partial charge in [-0.25, -0.2) is 0 Å². The van der Waals surface area contributed by atoms with E-state index in [0.717, 1.165) is 5.56 Å². The van der Waals surface area contributed by atoms with Crippen LogP contribution in [0.5, 0.6) is 11.5 Å². The monoisotopic (exact) mass is 292 g/mol. The molecule has 0 N–H and O–H groups in total. The fourth-order valence-electron chi connectivity index (χ4n) is 1.16. The number of hydrogen-bond donors (Lipinski definition) is 0. The Morgan fingerprint density at radius 2 is 2.12 bits per heavy atom. The highest BCUT2D eigenvalue weighted by molar-refractivity contribution is 9.11. The van der Waals surface area contributed by atoms with Crippen molar-refractivity contribution in [1.82, 2.24) is 0 Å². The minimum Gasteiger partial charge on any atom is -0.490 e. The van der Waals surface area contributed by atoms with Gasteiger partial charge in [0.2, 0.25) is 0 Å². The average molecular weight is 293 g/mol. The van der Waals surface area contributed by atoms with E-state index in [4.69, 9.17) is 4.74 Å². The van der Waals surface area contributed by atoms with E-state index in [0.29, 0.717) is 12.4 Å². The molecule has 0 aliphatic carbocycles. The fraction of sp³-hybridized carbons (Fsp3) is 0.273. The van der Waals surface area contributed by atoms with Crippen molar-refractivity contribution in [2.45, 2.75) is 13.5 Å². The highest BCUT2D eigenvalue weighted by atomic mass is 79.9. The summed E-state index contributed by atoms with van der Waals surface area (Å²) in [5.74, 6) is 0.356. The maximum atomic E-state index is 12.1. The van der Waals surface area contributed by atoms with E-state index in [2.05, 4.69) is 20.7 Å². The van der Waals surface area contributed by atoms with Gasteiger partial charge in [0.15, 0.2) is 11.5 Å². The van der Waals surface area contributed by atoms with Crippen molar-refractivity contribution in [3.63, 3.8) is 0 Å². The Hall–Kier alpha value is -1.10. The van der Waals surface area contributed by atoms with Gasteiger partial charge < -0.3 is 9.47 Å². The molecule has 0 aliphatic rings. The predicted molar refractivity (Wildman–Crippen MR) is 62.2 cm³/mol. The third-order valence-electron chi connectivity index (χ3n) is 1.74. The van der Waals surface area contributed by atoms with Gasteiger partial charge in [0, 0.05) is 0 Å². The van der Waals surface area contributed by atoms with Crippen molar-refractivity contribution in [2.75, 3.05) is 6.61 Å². The molecule has 0 atom stereocenters. The van der Waals surface area contributed by atoms with Crippen molar-refractivity contribution < 1.29 is 18.3 Å². The van der Waals surface area contributed by atoms with Crippen LogP contribution in [0.25, 0.3) is 6.08 Å². The molecule has 0 fully saturated rings. The van der Waals surface area contributed by atoms with Crippen LogP contribution >= 0.6 is 15.9 Å². The van der Waals surface area contributed by atoms with Crippen LogP contribution in [0.2, 0.25) is 0 Å². The van der Waals surface area contributed by atoms with E-state index >= 15 is 0 Å². The first-order valence-electron chi connectivity index (χ1n) is 4.65. The third kappa shape index (κ3) is 3.81. The van der Waals surface area contributed by atoms with Crippen molar-refractivity contribution in [1.29, 1.82) is 0 Å². The molecule has 0 heterocycles. The van der Waals surface area contributed by atoms with Gasteiger partial charge in [0.25, 0.3) is 0 Å². The standard InChI is InChI=1S/C11H11BrF2O2/c1-2-15-10-7-8(5-6-12)3-4-9(10)16-11(13)14/h3-7,11H,2H2,1H3/b6-5+. The maximum Gasteiger partial charge on any atom is 0.387 e. The molecule has 0 amide bonds. The topological polar surface area (TPSA) is 18.5 Å². The number of rotatable bonds is 5. The van der Waals surface area contributed by atoms with Gasteiger partial charge in [-0.1, -0.05) is 22.0 Å². The first-order valence-corrected chi connectivity index (χ1v) is 5.57. The van der Waals surface area contributed by atoms with Crippen LogP contribution in [0.4, 0.5) is 8.78 Å². The van der Waals surface area contributed by atoms with Crippen LogP contribution in [0.3, 0.4) is 0 Å². The van der Waals surface area contributed by atoms with Crippen LogP contribution in [0.1, 0.15) is 12.5 Å². The number of halogens is 3. The highest BCUT2D eigenvalue weighted by Crippen LogP contribution is 2.30. The van der Waals surface area contributed by atoms with E-state index < -0.39 is 6.61 Å². The molecule has 0 aliphatic heterocycles. The summed E-state index contributed by atoms with van der Waals surface area (Å²) in [5.41, 5.74) is 0.835. The average Bonchev–Trinajstić information content (AvgIpc) is 2.22. The Morgan fingerprint density at radius 3 is 2.69 bits per heavy atom. The van der Waals surface area contributed by atoms with Gasteiger partial charge in [0.05, 0.1) is 6.61 Å². The van der Waals surface area contributed by atoms with Gasteiger partial charge >= 0.3 is 6.61 Å². The Kier molecular flexibility index (Phi) is 5.25. The first-order chi connectivity index (χ1) is 7.67. The summed E-state index contributed by atoms with van der Waals surface area (Å²) in [5, 5.41) is 0. The predicted octanol–water partition coefficient (Wildman–Crippen LogP) is 4.05. The number of ether oxygens (including phenoxy) is 2. The zero-order chi connectivity index (χ0) is 12.0. The smallest absolute Gasteiger partial charge is 0.387 e. The van der Waals surface area contributed by atoms with Gasteiger partial charge in [0.1, 0.15) is 0 Å². The number of alkyl halides is 2. The third-order valence-corrected chi connectivity index (χ3v) is 2.00. The summed E-state index contributed by atoms with van der Waals surface area (Å²) in [6, 6.07) is 4.76. The molecule has 0 aromatic heterocycles. The van der Waals surface area contributed by atoms with E-state index in [1.54, 1.807) is 30.1 Å². The maximum absolute atomic E-state index is 12.1. The lowest BCUT2D eigenvalue weighted by atomic mass is 10.2. The molecule has 0 spiro atoms. The lowest BCUT2D eigenvalue weighted by molar-refractivity contribution is -0.0514. The summed E-state index contributed by atoms with van der Waals surface area (Å²) in [4.78, 5) is 1.67. The molecule has 0 bridgehead atoms. The summed E-state index contributed by atoms with van der Waals surface area (Å²) < 4.78 is 33.7. The van der Waals surface area contributed by atoms with E-state index in [9.17, 15) is 8.78 Å². The first kappa shape index (κ1) is 13.0. The molecule has 88 valence electrons. The van der Waals surface area contributed by atoms with Crippen molar-refractivity contribution in [3.05, 3.63) is 28.7 Å². The zero-order valence-electron chi connectivity index (χ0n) is 8.62. The lowest BCUT2D eigenvalue weighted by Gasteiger charge is -2.11. The molecule has 5 heteroatoms. The lowest BCUT2D eigenvalue weighted by Crippen LogP contribution is -2.04. The summed E-state index contributed by atoms with van der Waals surface area (Å²) in [7, 11) is 0. The highest BCUT2D eigenvalue weighted by Gasteiger charge is 2.10. The molecule has 1 aromatic rings. The van der Waals surface area contributed by atoms with Gasteiger partial charge in [-0.05, 0) is 35.7 Å². The Bertz CT molecular complexity index is 367. The zero-order valence-corrected chi connectivity index (χ0v) is 10.2. The second-order valence-electron chi connectivity index (χ2n) is 2.81. The van der Waals surface area contributed by atoms with Gasteiger partial charge in [-0.3, -0.25) is 0 Å². The summed E-state index contributed by atoms with van der Waals surface area (Å²) >= 11 is 3.14. The normalized spacial score (nSPS) is 11.1. The van der Waals surface area contributed by atoms with Crippen molar-refractivity contribution in [3.8, 4) is 11.5 Å². The quantitative estimate of drug-likeness (QED) is 0.815. The fourth-order valence-corrected chi connectivity index (χ4v) is 1.47. The SMILES string of the molecule is CCOc1cc(/C=C/Br)ccc1OC(F)F. The van der Waals surface area contributed by atoms with Gasteiger partial charge in [-0.2, -0.15) is 8.78 Å². The van der Waals surface area contributed by atoms with Crippen LogP contribution in [-0.2, 0) is 0 Å². The molecule has 1 rings (SSSR count). The van der Waals surface area contributed by atoms with Gasteiger partial charge in [-0.15, -0.1) is 0 Å². The van der Waals surface area contributed by atoms with Crippen molar-refractivity contribution >= 4 is 22.0 Å². The minimum atomic E-state index is -2.85. The van der Waals surface area contributed by atoms with Crippen LogP contribution < -0.4 is 9.47 Å². The minimum absolute atomic E-state index is 0.0450. The number of hydrogen-bond acceptors (Lipinski definition) is 2. The Morgan fingerprint density at radius 1 is 1.38 bits per heavy atom. The number of benzene rings is 1.